The standard InChI is InChI=1S/C20H28N2O3/c1-3-20-19(14(2)25-21-20)13-22(16-7-9-17(23)10-8-16)12-15-5-4-6-18(24)11-15/h4-6,11,16-17,23-24H,3,7-10,12-13H2,1-2H3. The lowest BCUT2D eigenvalue weighted by atomic mass is 9.91. The van der Waals surface area contributed by atoms with Gasteiger partial charge in [0.1, 0.15) is 11.5 Å². The molecule has 0 amide bonds. The van der Waals surface area contributed by atoms with Gasteiger partial charge in [0.2, 0.25) is 0 Å². The summed E-state index contributed by atoms with van der Waals surface area (Å²) < 4.78 is 5.40. The van der Waals surface area contributed by atoms with Crippen LogP contribution >= 0.6 is 0 Å². The van der Waals surface area contributed by atoms with E-state index >= 15 is 0 Å². The van der Waals surface area contributed by atoms with Crippen LogP contribution in [0.5, 0.6) is 5.75 Å². The number of nitrogens with zero attached hydrogens (tertiary/aromatic N) is 2. The number of rotatable bonds is 6. The number of aliphatic hydroxyl groups excluding tert-OH is 1. The van der Waals surface area contributed by atoms with Crippen molar-refractivity contribution in [3.8, 4) is 5.75 Å². The maximum absolute atomic E-state index is 9.84. The zero-order valence-electron chi connectivity index (χ0n) is 15.1. The Bertz CT molecular complexity index is 690. The third-order valence-corrected chi connectivity index (χ3v) is 5.24. The Hall–Kier alpha value is -1.85. The van der Waals surface area contributed by atoms with Crippen molar-refractivity contribution in [2.75, 3.05) is 0 Å². The van der Waals surface area contributed by atoms with Crippen LogP contribution in [0.1, 0.15) is 55.2 Å². The molecule has 5 nitrogen and oxygen atoms in total. The van der Waals surface area contributed by atoms with Crippen LogP contribution in [-0.4, -0.2) is 32.4 Å². The van der Waals surface area contributed by atoms with Gasteiger partial charge in [-0.05, 0) is 56.7 Å². The van der Waals surface area contributed by atoms with E-state index in [1.807, 2.05) is 25.1 Å². The molecule has 0 saturated heterocycles. The molecule has 2 N–H and O–H groups in total. The van der Waals surface area contributed by atoms with Crippen LogP contribution in [-0.2, 0) is 19.5 Å². The fourth-order valence-corrected chi connectivity index (χ4v) is 3.75. The second kappa shape index (κ2) is 8.02. The summed E-state index contributed by atoms with van der Waals surface area (Å²) in [7, 11) is 0. The first-order valence-corrected chi connectivity index (χ1v) is 9.20. The maximum Gasteiger partial charge on any atom is 0.138 e. The van der Waals surface area contributed by atoms with Crippen molar-refractivity contribution in [3.05, 3.63) is 46.8 Å². The van der Waals surface area contributed by atoms with Gasteiger partial charge in [0.15, 0.2) is 0 Å². The van der Waals surface area contributed by atoms with Crippen LogP contribution in [0.4, 0.5) is 0 Å². The lowest BCUT2D eigenvalue weighted by molar-refractivity contribution is 0.0662. The quantitative estimate of drug-likeness (QED) is 0.838. The van der Waals surface area contributed by atoms with Crippen molar-refractivity contribution in [1.82, 2.24) is 10.1 Å². The highest BCUT2D eigenvalue weighted by molar-refractivity contribution is 5.27. The van der Waals surface area contributed by atoms with Crippen molar-refractivity contribution >= 4 is 0 Å². The molecule has 0 bridgehead atoms. The Labute approximate surface area is 149 Å². The van der Waals surface area contributed by atoms with Crippen molar-refractivity contribution in [3.63, 3.8) is 0 Å². The van der Waals surface area contributed by atoms with E-state index in [9.17, 15) is 10.2 Å². The topological polar surface area (TPSA) is 69.7 Å². The SMILES string of the molecule is CCc1noc(C)c1CN(Cc1cccc(O)c1)C1CCC(O)CC1. The molecule has 25 heavy (non-hydrogen) atoms. The van der Waals surface area contributed by atoms with Crippen LogP contribution in [0, 0.1) is 6.92 Å². The molecule has 1 fully saturated rings. The van der Waals surface area contributed by atoms with E-state index in [1.165, 1.54) is 5.56 Å². The van der Waals surface area contributed by atoms with Gasteiger partial charge in [-0.25, -0.2) is 0 Å². The monoisotopic (exact) mass is 344 g/mol. The molecule has 1 aromatic carbocycles. The van der Waals surface area contributed by atoms with Gasteiger partial charge in [-0.15, -0.1) is 0 Å². The number of benzene rings is 1. The molecule has 1 heterocycles. The number of hydrogen-bond acceptors (Lipinski definition) is 5. The van der Waals surface area contributed by atoms with E-state index in [4.69, 9.17) is 4.52 Å². The molecule has 136 valence electrons. The average molecular weight is 344 g/mol. The summed E-state index contributed by atoms with van der Waals surface area (Å²) >= 11 is 0. The minimum absolute atomic E-state index is 0.164. The molecule has 5 heteroatoms. The number of aromatic nitrogens is 1. The van der Waals surface area contributed by atoms with Crippen LogP contribution in [0.2, 0.25) is 0 Å². The largest absolute Gasteiger partial charge is 0.508 e. The third kappa shape index (κ3) is 4.41. The van der Waals surface area contributed by atoms with Crippen molar-refractivity contribution < 1.29 is 14.7 Å². The number of phenolic OH excluding ortho intramolecular Hbond substituents is 1. The summed E-state index contributed by atoms with van der Waals surface area (Å²) in [6.07, 6.45) is 4.38. The fraction of sp³-hybridized carbons (Fsp3) is 0.550. The second-order valence-corrected chi connectivity index (χ2v) is 7.05. The number of aliphatic hydroxyl groups is 1. The highest BCUT2D eigenvalue weighted by Crippen LogP contribution is 2.28. The Morgan fingerprint density at radius 2 is 1.96 bits per heavy atom. The molecule has 0 radical (unpaired) electrons. The van der Waals surface area contributed by atoms with Crippen molar-refractivity contribution in [2.45, 2.75) is 71.2 Å². The number of aryl methyl sites for hydroxylation is 2. The minimum Gasteiger partial charge on any atom is -0.508 e. The number of phenols is 1. The molecule has 1 aromatic heterocycles. The Morgan fingerprint density at radius 3 is 2.64 bits per heavy atom. The Morgan fingerprint density at radius 1 is 1.20 bits per heavy atom. The second-order valence-electron chi connectivity index (χ2n) is 7.05. The normalized spacial score (nSPS) is 21.0. The lowest BCUT2D eigenvalue weighted by Gasteiger charge is -2.36. The van der Waals surface area contributed by atoms with E-state index in [1.54, 1.807) is 6.07 Å². The predicted octanol–water partition coefficient (Wildman–Crippen LogP) is 3.56. The lowest BCUT2D eigenvalue weighted by Crippen LogP contribution is -2.38. The summed E-state index contributed by atoms with van der Waals surface area (Å²) in [6, 6.07) is 7.88. The Balaban J connectivity index is 1.82. The van der Waals surface area contributed by atoms with Crippen LogP contribution in [0.25, 0.3) is 0 Å². The summed E-state index contributed by atoms with van der Waals surface area (Å²) in [5.41, 5.74) is 3.29. The van der Waals surface area contributed by atoms with Gasteiger partial charge in [-0.3, -0.25) is 4.90 Å². The van der Waals surface area contributed by atoms with Gasteiger partial charge in [0, 0.05) is 24.7 Å². The fourth-order valence-electron chi connectivity index (χ4n) is 3.75. The summed E-state index contributed by atoms with van der Waals surface area (Å²) in [6.45, 7) is 5.62. The van der Waals surface area contributed by atoms with E-state index in [-0.39, 0.29) is 6.10 Å². The molecule has 0 atom stereocenters. The van der Waals surface area contributed by atoms with Gasteiger partial charge >= 0.3 is 0 Å². The van der Waals surface area contributed by atoms with Gasteiger partial charge in [-0.2, -0.15) is 0 Å². The number of aromatic hydroxyl groups is 1. The highest BCUT2D eigenvalue weighted by atomic mass is 16.5. The van der Waals surface area contributed by atoms with Gasteiger partial charge in [-0.1, -0.05) is 24.2 Å². The van der Waals surface area contributed by atoms with Gasteiger partial charge in [0.05, 0.1) is 11.8 Å². The number of hydrogen-bond donors (Lipinski definition) is 2. The molecule has 1 aliphatic rings. The summed E-state index contributed by atoms with van der Waals surface area (Å²) in [5, 5.41) is 23.8. The highest BCUT2D eigenvalue weighted by Gasteiger charge is 2.27. The summed E-state index contributed by atoms with van der Waals surface area (Å²) in [4.78, 5) is 2.44. The van der Waals surface area contributed by atoms with Gasteiger partial charge < -0.3 is 14.7 Å². The van der Waals surface area contributed by atoms with Crippen LogP contribution in [0.15, 0.2) is 28.8 Å². The summed E-state index contributed by atoms with van der Waals surface area (Å²) in [5.74, 6) is 1.18. The molecular formula is C20H28N2O3. The molecule has 0 spiro atoms. The molecule has 2 aromatic rings. The zero-order chi connectivity index (χ0) is 17.8. The van der Waals surface area contributed by atoms with E-state index in [0.717, 1.165) is 62.2 Å². The van der Waals surface area contributed by atoms with Crippen LogP contribution in [0.3, 0.4) is 0 Å². The minimum atomic E-state index is -0.164. The zero-order valence-corrected chi connectivity index (χ0v) is 15.1. The van der Waals surface area contributed by atoms with Crippen LogP contribution < -0.4 is 0 Å². The Kier molecular flexibility index (Phi) is 5.76. The third-order valence-electron chi connectivity index (χ3n) is 5.24. The first-order chi connectivity index (χ1) is 12.1. The molecule has 1 aliphatic carbocycles. The van der Waals surface area contributed by atoms with Crippen molar-refractivity contribution in [2.24, 2.45) is 0 Å². The predicted molar refractivity (Wildman–Crippen MR) is 96.2 cm³/mol. The van der Waals surface area contributed by atoms with Gasteiger partial charge in [0.25, 0.3) is 0 Å². The molecule has 3 rings (SSSR count). The first-order valence-electron chi connectivity index (χ1n) is 9.20. The molecular weight excluding hydrogens is 316 g/mol. The first kappa shape index (κ1) is 18.0. The molecule has 1 saturated carbocycles. The molecule has 0 unspecified atom stereocenters. The van der Waals surface area contributed by atoms with E-state index in [2.05, 4.69) is 17.0 Å². The van der Waals surface area contributed by atoms with E-state index < -0.39 is 0 Å². The smallest absolute Gasteiger partial charge is 0.138 e. The maximum atomic E-state index is 9.84. The molecule has 0 aliphatic heterocycles. The van der Waals surface area contributed by atoms with Crippen molar-refractivity contribution in [1.29, 1.82) is 0 Å². The van der Waals surface area contributed by atoms with E-state index in [0.29, 0.717) is 11.8 Å². The average Bonchev–Trinajstić information content (AvgIpc) is 2.95.